The first-order valence-corrected chi connectivity index (χ1v) is 11.2. The number of alkyl carbamates (subject to hydrolysis) is 1. The molecule has 9 nitrogen and oxygen atoms in total. The zero-order valence-electron chi connectivity index (χ0n) is 18.8. The maximum atomic E-state index is 12.5. The molecule has 0 aliphatic rings. The number of nitrogens with zero attached hydrogens (tertiary/aromatic N) is 1. The van der Waals surface area contributed by atoms with Crippen LogP contribution in [0, 0.1) is 0 Å². The Bertz CT molecular complexity index is 982. The van der Waals surface area contributed by atoms with Crippen LogP contribution in [-0.4, -0.2) is 38.3 Å². The molecule has 0 spiro atoms. The van der Waals surface area contributed by atoms with Crippen molar-refractivity contribution in [3.8, 4) is 0 Å². The number of carbonyl (C=O) groups is 3. The number of methoxy groups -OCH3 is 2. The molecule has 0 bridgehead atoms. The highest BCUT2D eigenvalue weighted by Crippen LogP contribution is 2.33. The van der Waals surface area contributed by atoms with Crippen molar-refractivity contribution in [1.82, 2.24) is 5.32 Å². The highest BCUT2D eigenvalue weighted by molar-refractivity contribution is 7.99. The zero-order valence-corrected chi connectivity index (χ0v) is 19.7. The van der Waals surface area contributed by atoms with Gasteiger partial charge < -0.3 is 20.1 Å². The van der Waals surface area contributed by atoms with Gasteiger partial charge >= 0.3 is 12.2 Å². The number of aliphatic imine (C=N–C) groups is 1. The Morgan fingerprint density at radius 1 is 0.909 bits per heavy atom. The van der Waals surface area contributed by atoms with Crippen LogP contribution in [0.1, 0.15) is 32.6 Å². The number of guanidine groups is 1. The van der Waals surface area contributed by atoms with Crippen LogP contribution < -0.4 is 16.0 Å². The van der Waals surface area contributed by atoms with E-state index >= 15 is 0 Å². The Morgan fingerprint density at radius 2 is 1.67 bits per heavy atom. The molecule has 2 rings (SSSR count). The van der Waals surface area contributed by atoms with E-state index in [0.29, 0.717) is 17.8 Å². The normalized spacial score (nSPS) is 10.8. The number of carbonyl (C=O) groups excluding carboxylic acids is 3. The highest BCUT2D eigenvalue weighted by atomic mass is 32.2. The van der Waals surface area contributed by atoms with Crippen LogP contribution in [0.15, 0.2) is 63.3 Å². The largest absolute Gasteiger partial charge is 0.453 e. The van der Waals surface area contributed by atoms with Crippen molar-refractivity contribution < 1.29 is 23.9 Å². The van der Waals surface area contributed by atoms with Crippen molar-refractivity contribution in [2.45, 2.75) is 42.4 Å². The number of hydrogen-bond donors (Lipinski definition) is 3. The lowest BCUT2D eigenvalue weighted by atomic mass is 10.2. The second kappa shape index (κ2) is 13.8. The Hall–Kier alpha value is -3.53. The summed E-state index contributed by atoms with van der Waals surface area (Å²) in [7, 11) is 2.35. The summed E-state index contributed by atoms with van der Waals surface area (Å²) in [5.74, 6) is -0.348. The first kappa shape index (κ1) is 25.7. The van der Waals surface area contributed by atoms with E-state index in [2.05, 4.69) is 37.3 Å². The van der Waals surface area contributed by atoms with Gasteiger partial charge in [0.25, 0.3) is 0 Å². The Balaban J connectivity index is 2.32. The molecule has 0 saturated carbocycles. The van der Waals surface area contributed by atoms with E-state index in [9.17, 15) is 14.4 Å². The van der Waals surface area contributed by atoms with E-state index in [4.69, 9.17) is 0 Å². The van der Waals surface area contributed by atoms with Crippen LogP contribution in [-0.2, 0) is 14.3 Å². The van der Waals surface area contributed by atoms with Crippen molar-refractivity contribution in [1.29, 1.82) is 0 Å². The average Bonchev–Trinajstić information content (AvgIpc) is 2.81. The number of unbranched alkanes of at least 4 members (excludes halogenated alkanes) is 2. The van der Waals surface area contributed by atoms with E-state index in [1.807, 2.05) is 42.5 Å². The van der Waals surface area contributed by atoms with Crippen molar-refractivity contribution in [3.63, 3.8) is 0 Å². The molecular formula is C23H28N4O5S. The summed E-state index contributed by atoms with van der Waals surface area (Å²) in [5, 5.41) is 8.08. The summed E-state index contributed by atoms with van der Waals surface area (Å²) in [6.45, 7) is 2.07. The molecule has 0 heterocycles. The van der Waals surface area contributed by atoms with Gasteiger partial charge in [0.15, 0.2) is 0 Å². The highest BCUT2D eigenvalue weighted by Gasteiger charge is 2.14. The van der Waals surface area contributed by atoms with Crippen LogP contribution in [0.5, 0.6) is 0 Å². The Labute approximate surface area is 197 Å². The minimum Gasteiger partial charge on any atom is -0.453 e. The summed E-state index contributed by atoms with van der Waals surface area (Å²) >= 11 is 1.53. The zero-order chi connectivity index (χ0) is 24.1. The lowest BCUT2D eigenvalue weighted by Gasteiger charge is -2.16. The molecule has 0 aliphatic heterocycles. The fourth-order valence-corrected chi connectivity index (χ4v) is 3.55. The van der Waals surface area contributed by atoms with Gasteiger partial charge in [0, 0.05) is 16.2 Å². The number of benzene rings is 2. The van der Waals surface area contributed by atoms with Crippen LogP contribution in [0.3, 0.4) is 0 Å². The molecule has 0 saturated heterocycles. The number of nitrogens with one attached hydrogen (secondary N) is 3. The van der Waals surface area contributed by atoms with Gasteiger partial charge in [0.05, 0.1) is 25.6 Å². The second-order valence-corrected chi connectivity index (χ2v) is 7.95. The molecule has 176 valence electrons. The molecule has 0 fully saturated rings. The van der Waals surface area contributed by atoms with E-state index in [1.54, 1.807) is 6.07 Å². The minimum atomic E-state index is -0.921. The lowest BCUT2D eigenvalue weighted by molar-refractivity contribution is -0.116. The summed E-state index contributed by atoms with van der Waals surface area (Å²) in [5.41, 5.74) is 0.900. The first-order chi connectivity index (χ1) is 15.9. The molecule has 3 N–H and O–H groups in total. The molecule has 33 heavy (non-hydrogen) atoms. The molecule has 10 heteroatoms. The molecule has 0 unspecified atom stereocenters. The monoisotopic (exact) mass is 472 g/mol. The molecule has 0 aliphatic carbocycles. The Morgan fingerprint density at radius 3 is 2.33 bits per heavy atom. The Kier molecular flexibility index (Phi) is 10.8. The average molecular weight is 473 g/mol. The quantitative estimate of drug-likeness (QED) is 0.273. The van der Waals surface area contributed by atoms with Gasteiger partial charge in [-0.1, -0.05) is 49.7 Å². The van der Waals surface area contributed by atoms with Crippen LogP contribution in [0.4, 0.5) is 21.0 Å². The van der Waals surface area contributed by atoms with Crippen LogP contribution in [0.25, 0.3) is 0 Å². The first-order valence-electron chi connectivity index (χ1n) is 10.4. The number of anilines is 2. The third-order valence-corrected chi connectivity index (χ3v) is 5.29. The maximum Gasteiger partial charge on any atom is 0.436 e. The minimum absolute atomic E-state index is 0.138. The van der Waals surface area contributed by atoms with Gasteiger partial charge in [-0.3, -0.25) is 10.1 Å². The number of hydrogen-bond acceptors (Lipinski definition) is 6. The smallest absolute Gasteiger partial charge is 0.436 e. The van der Waals surface area contributed by atoms with Crippen molar-refractivity contribution in [3.05, 3.63) is 48.5 Å². The SMILES string of the molecule is CCCCCC(=O)Nc1cc(Sc2ccccc2)ccc1NC(=NC(=O)OC)NC(=O)OC. The number of ether oxygens (including phenoxy) is 2. The van der Waals surface area contributed by atoms with E-state index < -0.39 is 12.2 Å². The van der Waals surface area contributed by atoms with Crippen LogP contribution in [0.2, 0.25) is 0 Å². The summed E-state index contributed by atoms with van der Waals surface area (Å²) < 4.78 is 9.11. The summed E-state index contributed by atoms with van der Waals surface area (Å²) in [4.78, 5) is 41.4. The molecule has 0 aromatic heterocycles. The lowest BCUT2D eigenvalue weighted by Crippen LogP contribution is -2.36. The number of rotatable bonds is 8. The molecular weight excluding hydrogens is 444 g/mol. The predicted molar refractivity (Wildman–Crippen MR) is 129 cm³/mol. The number of amides is 3. The van der Waals surface area contributed by atoms with Gasteiger partial charge in [-0.05, 0) is 36.8 Å². The summed E-state index contributed by atoms with van der Waals surface area (Å²) in [6, 6.07) is 15.2. The van der Waals surface area contributed by atoms with Gasteiger partial charge in [-0.2, -0.15) is 0 Å². The molecule has 2 aromatic rings. The van der Waals surface area contributed by atoms with Crippen LogP contribution >= 0.6 is 11.8 Å². The molecule has 0 atom stereocenters. The molecule has 2 aromatic carbocycles. The maximum absolute atomic E-state index is 12.5. The van der Waals surface area contributed by atoms with E-state index in [1.165, 1.54) is 26.0 Å². The van der Waals surface area contributed by atoms with Gasteiger partial charge in [-0.15, -0.1) is 4.99 Å². The van der Waals surface area contributed by atoms with Crippen molar-refractivity contribution >= 4 is 47.2 Å². The van der Waals surface area contributed by atoms with Gasteiger partial charge in [0.2, 0.25) is 11.9 Å². The van der Waals surface area contributed by atoms with Gasteiger partial charge in [0.1, 0.15) is 0 Å². The third-order valence-electron chi connectivity index (χ3n) is 4.29. The van der Waals surface area contributed by atoms with Crippen molar-refractivity contribution in [2.24, 2.45) is 4.99 Å². The third kappa shape index (κ3) is 9.24. The van der Waals surface area contributed by atoms with Crippen molar-refractivity contribution in [2.75, 3.05) is 24.9 Å². The fourth-order valence-electron chi connectivity index (χ4n) is 2.67. The van der Waals surface area contributed by atoms with E-state index in [-0.39, 0.29) is 11.9 Å². The second-order valence-electron chi connectivity index (χ2n) is 6.80. The van der Waals surface area contributed by atoms with Gasteiger partial charge in [-0.25, -0.2) is 9.59 Å². The summed E-state index contributed by atoms with van der Waals surface area (Å²) in [6.07, 6.45) is 1.38. The topological polar surface area (TPSA) is 118 Å². The standard InChI is InChI=1S/C23H28N4O5S/c1-4-5-7-12-20(28)24-19-15-17(33-16-10-8-6-9-11-16)13-14-18(19)25-21(26-22(29)31-2)27-23(30)32-3/h6,8-11,13-15H,4-5,7,12H2,1-3H3,(H,24,28)(H2,25,26,27,29,30). The predicted octanol–water partition coefficient (Wildman–Crippen LogP) is 5.25. The molecule has 3 amide bonds. The van der Waals surface area contributed by atoms with E-state index in [0.717, 1.165) is 29.1 Å². The fraction of sp³-hybridized carbons (Fsp3) is 0.304. The molecule has 0 radical (unpaired) electrons.